The third-order valence-electron chi connectivity index (χ3n) is 8.00. The van der Waals surface area contributed by atoms with Crippen LogP contribution in [-0.2, 0) is 0 Å². The maximum Gasteiger partial charge on any atom is 0.248 e. The minimum Gasteiger partial charge on any atom is -0.369 e. The van der Waals surface area contributed by atoms with E-state index in [2.05, 4.69) is 55.0 Å². The van der Waals surface area contributed by atoms with E-state index in [0.29, 0.717) is 23.7 Å². The number of nitrogens with two attached hydrogens (primary N) is 1. The highest BCUT2D eigenvalue weighted by Crippen LogP contribution is 2.27. The lowest BCUT2D eigenvalue weighted by Gasteiger charge is -2.40. The second-order valence-corrected chi connectivity index (χ2v) is 10.8. The van der Waals surface area contributed by atoms with Crippen molar-refractivity contribution in [3.63, 3.8) is 0 Å². The lowest BCUT2D eigenvalue weighted by Crippen LogP contribution is -2.55. The van der Waals surface area contributed by atoms with E-state index in [9.17, 15) is 4.79 Å². The molecule has 2 aliphatic rings. The standard InChI is InChI=1S/C30H36N8O/c1-20-33-29-12-11-25(19-38(29)36-20)37-15-5-8-24(18-37)34-26-9-2-3-10-27(26)35-28-17-22(13-14-32-28)21-6-4-7-23(16-21)30(31)39/h4,6-7,11-14,16-17,19,24,26-27,34H,2-3,5,8-10,15,18H2,1H3,(H2,31,39)(H,32,35)/t24-,26+,27+/m0/s1. The van der Waals surface area contributed by atoms with Gasteiger partial charge in [0.05, 0.1) is 11.9 Å². The van der Waals surface area contributed by atoms with Gasteiger partial charge in [-0.3, -0.25) is 4.79 Å². The van der Waals surface area contributed by atoms with Crippen molar-refractivity contribution >= 4 is 23.1 Å². The number of amides is 1. The molecule has 1 aromatic carbocycles. The molecular weight excluding hydrogens is 488 g/mol. The summed E-state index contributed by atoms with van der Waals surface area (Å²) in [4.78, 5) is 23.2. The van der Waals surface area contributed by atoms with E-state index >= 15 is 0 Å². The molecule has 0 spiro atoms. The number of pyridine rings is 2. The minimum atomic E-state index is -0.421. The Morgan fingerprint density at radius 1 is 1.00 bits per heavy atom. The second kappa shape index (κ2) is 11.0. The fourth-order valence-corrected chi connectivity index (χ4v) is 6.06. The number of nitrogens with zero attached hydrogens (tertiary/aromatic N) is 5. The summed E-state index contributed by atoms with van der Waals surface area (Å²) in [7, 11) is 0. The van der Waals surface area contributed by atoms with Crippen LogP contribution >= 0.6 is 0 Å². The Balaban J connectivity index is 1.13. The van der Waals surface area contributed by atoms with E-state index in [1.165, 1.54) is 24.9 Å². The van der Waals surface area contributed by atoms with E-state index in [0.717, 1.165) is 60.8 Å². The summed E-state index contributed by atoms with van der Waals surface area (Å²) in [6, 6.07) is 16.8. The van der Waals surface area contributed by atoms with Crippen molar-refractivity contribution in [3.8, 4) is 11.1 Å². The monoisotopic (exact) mass is 524 g/mol. The number of fused-ring (bicyclic) bond motifs is 1. The molecule has 9 heteroatoms. The molecule has 4 heterocycles. The van der Waals surface area contributed by atoms with E-state index in [-0.39, 0.29) is 0 Å². The third-order valence-corrected chi connectivity index (χ3v) is 8.00. The summed E-state index contributed by atoms with van der Waals surface area (Å²) in [5, 5.41) is 12.3. The summed E-state index contributed by atoms with van der Waals surface area (Å²) >= 11 is 0. The minimum absolute atomic E-state index is 0.309. The Kier molecular flexibility index (Phi) is 7.15. The number of anilines is 2. The van der Waals surface area contributed by atoms with E-state index in [1.807, 2.05) is 41.9 Å². The summed E-state index contributed by atoms with van der Waals surface area (Å²) < 4.78 is 1.88. The SMILES string of the molecule is Cc1nc2ccc(N3CCC[C@H](N[C@@H]4CCCC[C@H]4Nc4cc(-c5cccc(C(N)=O)c5)ccn4)C3)cn2n1. The van der Waals surface area contributed by atoms with Crippen molar-refractivity contribution in [2.45, 2.75) is 63.6 Å². The molecule has 0 radical (unpaired) electrons. The molecule has 4 N–H and O–H groups in total. The molecule has 202 valence electrons. The summed E-state index contributed by atoms with van der Waals surface area (Å²) in [5.41, 5.74) is 10.0. The molecule has 39 heavy (non-hydrogen) atoms. The fraction of sp³-hybridized carbons (Fsp3) is 0.400. The van der Waals surface area contributed by atoms with E-state index in [1.54, 1.807) is 6.07 Å². The average molecular weight is 525 g/mol. The number of hydrogen-bond acceptors (Lipinski definition) is 7. The molecule has 1 amide bonds. The van der Waals surface area contributed by atoms with Crippen molar-refractivity contribution in [2.75, 3.05) is 23.3 Å². The first-order chi connectivity index (χ1) is 19.0. The number of primary amides is 1. The maximum atomic E-state index is 11.6. The fourth-order valence-electron chi connectivity index (χ4n) is 6.06. The first kappa shape index (κ1) is 25.3. The van der Waals surface area contributed by atoms with Gasteiger partial charge in [0.25, 0.3) is 0 Å². The zero-order valence-electron chi connectivity index (χ0n) is 22.4. The quantitative estimate of drug-likeness (QED) is 0.332. The van der Waals surface area contributed by atoms with Crippen LogP contribution in [0.5, 0.6) is 0 Å². The number of piperidine rings is 1. The molecule has 2 fully saturated rings. The van der Waals surface area contributed by atoms with Crippen molar-refractivity contribution in [1.82, 2.24) is 24.9 Å². The van der Waals surface area contributed by atoms with Crippen LogP contribution in [0.2, 0.25) is 0 Å². The zero-order valence-corrected chi connectivity index (χ0v) is 22.4. The Hall–Kier alpha value is -3.98. The molecule has 0 bridgehead atoms. The van der Waals surface area contributed by atoms with Crippen molar-refractivity contribution in [3.05, 3.63) is 72.3 Å². The molecule has 9 nitrogen and oxygen atoms in total. The lowest BCUT2D eigenvalue weighted by atomic mass is 9.89. The average Bonchev–Trinajstić information content (AvgIpc) is 3.34. The van der Waals surface area contributed by atoms with Crippen LogP contribution in [0.15, 0.2) is 60.9 Å². The van der Waals surface area contributed by atoms with Crippen LogP contribution in [0.1, 0.15) is 54.7 Å². The Morgan fingerprint density at radius 2 is 1.85 bits per heavy atom. The first-order valence-electron chi connectivity index (χ1n) is 14.0. The highest BCUT2D eigenvalue weighted by molar-refractivity contribution is 5.94. The van der Waals surface area contributed by atoms with Crippen molar-refractivity contribution in [2.24, 2.45) is 5.73 Å². The van der Waals surface area contributed by atoms with Gasteiger partial charge in [-0.15, -0.1) is 0 Å². The Bertz CT molecular complexity index is 1470. The van der Waals surface area contributed by atoms with E-state index in [4.69, 9.17) is 5.73 Å². The van der Waals surface area contributed by atoms with Gasteiger partial charge >= 0.3 is 0 Å². The molecule has 1 aliphatic heterocycles. The predicted octanol–water partition coefficient (Wildman–Crippen LogP) is 4.18. The van der Waals surface area contributed by atoms with Crippen LogP contribution in [0.3, 0.4) is 0 Å². The largest absolute Gasteiger partial charge is 0.369 e. The highest BCUT2D eigenvalue weighted by atomic mass is 16.1. The van der Waals surface area contributed by atoms with Crippen LogP contribution in [0.25, 0.3) is 16.8 Å². The van der Waals surface area contributed by atoms with Crippen LogP contribution < -0.4 is 21.3 Å². The van der Waals surface area contributed by atoms with Crippen molar-refractivity contribution in [1.29, 1.82) is 0 Å². The number of carbonyl (C=O) groups is 1. The molecule has 1 saturated heterocycles. The van der Waals surface area contributed by atoms with Gasteiger partial charge in [0.15, 0.2) is 5.65 Å². The maximum absolute atomic E-state index is 11.6. The van der Waals surface area contributed by atoms with Crippen LogP contribution in [0.4, 0.5) is 11.5 Å². The first-order valence-corrected chi connectivity index (χ1v) is 14.0. The topological polar surface area (TPSA) is 113 Å². The summed E-state index contributed by atoms with van der Waals surface area (Å²) in [6.45, 7) is 3.96. The van der Waals surface area contributed by atoms with Crippen LogP contribution in [-0.4, -0.2) is 56.7 Å². The molecule has 6 rings (SSSR count). The van der Waals surface area contributed by atoms with Gasteiger partial charge in [0.2, 0.25) is 5.91 Å². The molecule has 1 saturated carbocycles. The molecule has 3 aromatic heterocycles. The number of aryl methyl sites for hydroxylation is 1. The van der Waals surface area contributed by atoms with Gasteiger partial charge in [-0.05, 0) is 80.1 Å². The smallest absolute Gasteiger partial charge is 0.248 e. The van der Waals surface area contributed by atoms with Gasteiger partial charge < -0.3 is 21.3 Å². The number of aromatic nitrogens is 4. The van der Waals surface area contributed by atoms with Gasteiger partial charge in [0, 0.05) is 43.0 Å². The van der Waals surface area contributed by atoms with Gasteiger partial charge in [-0.2, -0.15) is 5.10 Å². The van der Waals surface area contributed by atoms with Gasteiger partial charge in [-0.25, -0.2) is 14.5 Å². The summed E-state index contributed by atoms with van der Waals surface area (Å²) in [5.74, 6) is 1.23. The number of rotatable bonds is 7. The Morgan fingerprint density at radius 3 is 2.72 bits per heavy atom. The summed E-state index contributed by atoms with van der Waals surface area (Å²) in [6.07, 6.45) is 11.0. The second-order valence-electron chi connectivity index (χ2n) is 10.8. The third kappa shape index (κ3) is 5.73. The number of nitrogens with one attached hydrogen (secondary N) is 2. The molecular formula is C30H36N8O. The van der Waals surface area contributed by atoms with E-state index < -0.39 is 5.91 Å². The normalized spacial score (nSPS) is 21.7. The van der Waals surface area contributed by atoms with Gasteiger partial charge in [-0.1, -0.05) is 25.0 Å². The molecule has 0 unspecified atom stereocenters. The number of hydrogen-bond donors (Lipinski definition) is 3. The van der Waals surface area contributed by atoms with Gasteiger partial charge in [0.1, 0.15) is 11.6 Å². The molecule has 4 aromatic rings. The zero-order chi connectivity index (χ0) is 26.8. The predicted molar refractivity (Wildman–Crippen MR) is 154 cm³/mol. The molecule has 1 aliphatic carbocycles. The molecule has 3 atom stereocenters. The lowest BCUT2D eigenvalue weighted by molar-refractivity contribution is 0.100. The Labute approximate surface area is 228 Å². The number of carbonyl (C=O) groups excluding carboxylic acids is 1. The van der Waals surface area contributed by atoms with Crippen LogP contribution in [0, 0.1) is 6.92 Å². The number of benzene rings is 1. The van der Waals surface area contributed by atoms with Crippen molar-refractivity contribution < 1.29 is 4.79 Å². The highest BCUT2D eigenvalue weighted by Gasteiger charge is 2.29.